The Morgan fingerprint density at radius 3 is 1.40 bits per heavy atom. The van der Waals surface area contributed by atoms with Crippen LogP contribution in [0.5, 0.6) is 11.5 Å². The summed E-state index contributed by atoms with van der Waals surface area (Å²) in [5.74, 6) is 1.84. The van der Waals surface area contributed by atoms with Gasteiger partial charge in [0.1, 0.15) is 11.5 Å². The molecule has 0 atom stereocenters. The van der Waals surface area contributed by atoms with E-state index in [9.17, 15) is 0 Å². The summed E-state index contributed by atoms with van der Waals surface area (Å²) in [6, 6.07) is 87.6. The van der Waals surface area contributed by atoms with E-state index in [2.05, 4.69) is 248 Å². The average molecular weight is 804 g/mol. The number of hydrogen-bond acceptors (Lipinski definition) is 2. The second kappa shape index (κ2) is 15.4. The van der Waals surface area contributed by atoms with E-state index in [1.54, 1.807) is 0 Å². The monoisotopic (exact) mass is 803 g/mol. The third-order valence-electron chi connectivity index (χ3n) is 12.8. The highest BCUT2D eigenvalue weighted by Crippen LogP contribution is 2.55. The molecule has 2 nitrogen and oxygen atoms in total. The van der Waals surface area contributed by atoms with E-state index < -0.39 is 0 Å². The van der Waals surface area contributed by atoms with Gasteiger partial charge in [-0.3, -0.25) is 0 Å². The Kier molecular flexibility index (Phi) is 8.93. The molecule has 0 spiro atoms. The minimum atomic E-state index is 0.0762. The molecule has 0 unspecified atom stereocenters. The third kappa shape index (κ3) is 6.18. The molecule has 0 amide bonds. The number of para-hydroxylation sites is 3. The van der Waals surface area contributed by atoms with Crippen molar-refractivity contribution < 1.29 is 4.74 Å². The highest BCUT2D eigenvalue weighted by atomic mass is 16.5. The van der Waals surface area contributed by atoms with Crippen molar-refractivity contribution in [3.63, 3.8) is 0 Å². The SMILES string of the molecule is c1ccc(C(c2ccccc2)c2ccc(-c3ccc4cccc5c4c3Oc3c(-c4ccc(N(c6ccccc6)c6ccccc6)c6ccccc46)cccc3-5)c3ccccc23)cc1. The van der Waals surface area contributed by atoms with Crippen molar-refractivity contribution in [3.05, 3.63) is 259 Å². The van der Waals surface area contributed by atoms with Crippen molar-refractivity contribution in [3.8, 4) is 44.9 Å². The average Bonchev–Trinajstić information content (AvgIpc) is 3.36. The molecule has 0 saturated heterocycles. The van der Waals surface area contributed by atoms with Crippen LogP contribution in [0.1, 0.15) is 22.6 Å². The molecule has 1 aliphatic rings. The summed E-state index contributed by atoms with van der Waals surface area (Å²) in [5.41, 5.74) is 13.9. The smallest absolute Gasteiger partial charge is 0.143 e. The van der Waals surface area contributed by atoms with Crippen LogP contribution in [0, 0.1) is 0 Å². The Hall–Kier alpha value is -8.20. The molecule has 12 rings (SSSR count). The standard InChI is InChI=1S/C61H41NO/c1-5-19-41(20-6-1)58(42-21-7-2-8-22-42)53-38-37-49(46-28-13-14-30-48(46)53)56-36-35-43-23-17-32-52-55-34-18-33-54(60(55)63-61(56)59(43)52)50-39-40-57(51-31-16-15-29-47(50)51)62(44-24-9-3-10-25-44)45-26-11-4-12-27-45/h1-40,58H. The van der Waals surface area contributed by atoms with Crippen LogP contribution in [0.25, 0.3) is 65.7 Å². The van der Waals surface area contributed by atoms with Crippen molar-refractivity contribution in [2.75, 3.05) is 4.90 Å². The van der Waals surface area contributed by atoms with Gasteiger partial charge >= 0.3 is 0 Å². The van der Waals surface area contributed by atoms with E-state index in [0.29, 0.717) is 0 Å². The summed E-state index contributed by atoms with van der Waals surface area (Å²) >= 11 is 0. The molecule has 296 valence electrons. The van der Waals surface area contributed by atoms with Gasteiger partial charge < -0.3 is 9.64 Å². The van der Waals surface area contributed by atoms with Crippen molar-refractivity contribution in [2.24, 2.45) is 0 Å². The highest BCUT2D eigenvalue weighted by molar-refractivity contribution is 6.13. The number of ether oxygens (including phenoxy) is 1. The molecule has 0 N–H and O–H groups in total. The molecular weight excluding hydrogens is 763 g/mol. The first kappa shape index (κ1) is 36.6. The van der Waals surface area contributed by atoms with Gasteiger partial charge in [-0.2, -0.15) is 0 Å². The van der Waals surface area contributed by atoms with Crippen LogP contribution >= 0.6 is 0 Å². The van der Waals surface area contributed by atoms with Crippen LogP contribution in [0.2, 0.25) is 0 Å². The summed E-state index contributed by atoms with van der Waals surface area (Å²) in [5, 5.41) is 7.06. The lowest BCUT2D eigenvalue weighted by atomic mass is 9.81. The van der Waals surface area contributed by atoms with Crippen molar-refractivity contribution in [1.82, 2.24) is 0 Å². The van der Waals surface area contributed by atoms with Gasteiger partial charge in [0.25, 0.3) is 0 Å². The molecule has 0 aromatic heterocycles. The van der Waals surface area contributed by atoms with Gasteiger partial charge in [-0.25, -0.2) is 0 Å². The van der Waals surface area contributed by atoms with Crippen LogP contribution in [0.4, 0.5) is 17.1 Å². The van der Waals surface area contributed by atoms with Crippen LogP contribution in [-0.2, 0) is 0 Å². The van der Waals surface area contributed by atoms with E-state index in [-0.39, 0.29) is 5.92 Å². The van der Waals surface area contributed by atoms with Gasteiger partial charge in [0, 0.05) is 44.8 Å². The normalized spacial score (nSPS) is 11.8. The van der Waals surface area contributed by atoms with E-state index in [1.165, 1.54) is 33.0 Å². The Morgan fingerprint density at radius 1 is 0.302 bits per heavy atom. The molecule has 63 heavy (non-hydrogen) atoms. The zero-order chi connectivity index (χ0) is 41.7. The van der Waals surface area contributed by atoms with Crippen molar-refractivity contribution in [2.45, 2.75) is 5.92 Å². The molecule has 11 aromatic rings. The molecule has 11 aromatic carbocycles. The van der Waals surface area contributed by atoms with Gasteiger partial charge in [-0.15, -0.1) is 0 Å². The van der Waals surface area contributed by atoms with Crippen LogP contribution < -0.4 is 9.64 Å². The van der Waals surface area contributed by atoms with Gasteiger partial charge in [-0.05, 0) is 91.3 Å². The van der Waals surface area contributed by atoms with Crippen LogP contribution in [0.15, 0.2) is 243 Å². The first-order chi connectivity index (χ1) is 31.3. The molecule has 1 aliphatic heterocycles. The minimum Gasteiger partial charge on any atom is -0.455 e. The highest BCUT2D eigenvalue weighted by Gasteiger charge is 2.28. The molecular formula is C61H41NO. The maximum atomic E-state index is 7.44. The Balaban J connectivity index is 1.03. The predicted octanol–water partition coefficient (Wildman–Crippen LogP) is 16.9. The number of benzene rings is 11. The Labute approximate surface area is 367 Å². The number of rotatable bonds is 8. The van der Waals surface area contributed by atoms with E-state index in [0.717, 1.165) is 77.9 Å². The first-order valence-corrected chi connectivity index (χ1v) is 21.7. The quantitative estimate of drug-likeness (QED) is 0.142. The van der Waals surface area contributed by atoms with Crippen molar-refractivity contribution >= 4 is 49.4 Å². The minimum absolute atomic E-state index is 0.0762. The van der Waals surface area contributed by atoms with Gasteiger partial charge in [0.2, 0.25) is 0 Å². The predicted molar refractivity (Wildman–Crippen MR) is 264 cm³/mol. The fourth-order valence-electron chi connectivity index (χ4n) is 10.0. The molecule has 0 bridgehead atoms. The molecule has 1 heterocycles. The topological polar surface area (TPSA) is 12.5 Å². The third-order valence-corrected chi connectivity index (χ3v) is 12.8. The summed E-state index contributed by atoms with van der Waals surface area (Å²) < 4.78 is 7.44. The number of anilines is 3. The number of fused-ring (bicyclic) bond motifs is 4. The summed E-state index contributed by atoms with van der Waals surface area (Å²) in [4.78, 5) is 2.35. The molecule has 0 radical (unpaired) electrons. The van der Waals surface area contributed by atoms with E-state index >= 15 is 0 Å². The largest absolute Gasteiger partial charge is 0.455 e. The van der Waals surface area contributed by atoms with E-state index in [1.807, 2.05) is 0 Å². The van der Waals surface area contributed by atoms with Crippen LogP contribution in [-0.4, -0.2) is 0 Å². The lowest BCUT2D eigenvalue weighted by Crippen LogP contribution is -2.10. The molecule has 2 heteroatoms. The second-order valence-electron chi connectivity index (χ2n) is 16.3. The Bertz CT molecular complexity index is 3390. The molecule has 0 aliphatic carbocycles. The van der Waals surface area contributed by atoms with Gasteiger partial charge in [-0.1, -0.05) is 206 Å². The van der Waals surface area contributed by atoms with Gasteiger partial charge in [0.15, 0.2) is 0 Å². The first-order valence-electron chi connectivity index (χ1n) is 21.7. The van der Waals surface area contributed by atoms with Crippen molar-refractivity contribution in [1.29, 1.82) is 0 Å². The maximum absolute atomic E-state index is 7.44. The summed E-state index contributed by atoms with van der Waals surface area (Å²) in [6.45, 7) is 0. The van der Waals surface area contributed by atoms with Gasteiger partial charge in [0.05, 0.1) is 5.69 Å². The molecule has 0 saturated carbocycles. The van der Waals surface area contributed by atoms with Crippen LogP contribution in [0.3, 0.4) is 0 Å². The number of nitrogens with zero attached hydrogens (tertiary/aromatic N) is 1. The Morgan fingerprint density at radius 2 is 0.762 bits per heavy atom. The zero-order valence-electron chi connectivity index (χ0n) is 34.5. The lowest BCUT2D eigenvalue weighted by molar-refractivity contribution is 0.490. The number of hydrogen-bond donors (Lipinski definition) is 0. The molecule has 0 fully saturated rings. The summed E-state index contributed by atoms with van der Waals surface area (Å²) in [6.07, 6.45) is 0. The summed E-state index contributed by atoms with van der Waals surface area (Å²) in [7, 11) is 0. The fourth-order valence-corrected chi connectivity index (χ4v) is 10.0. The zero-order valence-corrected chi connectivity index (χ0v) is 34.5. The maximum Gasteiger partial charge on any atom is 0.143 e. The van der Waals surface area contributed by atoms with E-state index in [4.69, 9.17) is 4.74 Å². The fraction of sp³-hybridized carbons (Fsp3) is 0.0164. The second-order valence-corrected chi connectivity index (χ2v) is 16.3. The lowest BCUT2D eigenvalue weighted by Gasteiger charge is -2.28.